The normalized spacial score (nSPS) is 22.3. The molecule has 0 aliphatic carbocycles. The summed E-state index contributed by atoms with van der Waals surface area (Å²) < 4.78 is 6.04. The molecular weight excluding hydrogens is 369 g/mol. The van der Waals surface area contributed by atoms with Gasteiger partial charge in [-0.25, -0.2) is 0 Å². The third kappa shape index (κ3) is 2.44. The fourth-order valence-corrected chi connectivity index (χ4v) is 3.05. The van der Waals surface area contributed by atoms with E-state index >= 15 is 0 Å². The van der Waals surface area contributed by atoms with Gasteiger partial charge in [0.2, 0.25) is 0 Å². The van der Waals surface area contributed by atoms with E-state index in [-0.39, 0.29) is 0 Å². The van der Waals surface area contributed by atoms with Crippen molar-refractivity contribution in [1.82, 2.24) is 4.98 Å². The number of hydrogen-bond donors (Lipinski definition) is 0. The minimum absolute atomic E-state index is 0.479. The molecule has 1 aliphatic rings. The van der Waals surface area contributed by atoms with Gasteiger partial charge in [0.05, 0.1) is 0 Å². The van der Waals surface area contributed by atoms with E-state index in [1.807, 2.05) is 6.20 Å². The zero-order valence-corrected chi connectivity index (χ0v) is 12.8. The Morgan fingerprint density at radius 3 is 3.07 bits per heavy atom. The predicted octanol–water partition coefficient (Wildman–Crippen LogP) is 0.721. The molecule has 0 bridgehead atoms. The Bertz CT molecular complexity index is 301. The number of hydrogen-bond acceptors (Lipinski definition) is 3. The van der Waals surface area contributed by atoms with Crippen molar-refractivity contribution in [3.63, 3.8) is 0 Å². The molecule has 0 radical (unpaired) electrons. The third-order valence-corrected chi connectivity index (χ3v) is 3.88. The number of ether oxygens (including phenoxy) is 1. The van der Waals surface area contributed by atoms with Gasteiger partial charge in [-0.05, 0) is 0 Å². The first-order valence-electron chi connectivity index (χ1n) is 4.80. The molecule has 4 heteroatoms. The maximum absolute atomic E-state index is 5.56. The molecule has 0 aromatic carbocycles. The van der Waals surface area contributed by atoms with Gasteiger partial charge in [0.1, 0.15) is 0 Å². The van der Waals surface area contributed by atoms with Gasteiger partial charge in [-0.2, -0.15) is 0 Å². The second kappa shape index (κ2) is 4.57. The van der Waals surface area contributed by atoms with Crippen molar-refractivity contribution >= 4 is 31.6 Å². The molecule has 14 heavy (non-hydrogen) atoms. The average molecular weight is 382 g/mol. The van der Waals surface area contributed by atoms with Crippen molar-refractivity contribution < 1.29 is 4.74 Å². The molecule has 2 heterocycles. The number of pyridine rings is 1. The van der Waals surface area contributed by atoms with Gasteiger partial charge in [0.25, 0.3) is 0 Å². The zero-order chi connectivity index (χ0) is 9.97. The van der Waals surface area contributed by atoms with E-state index < -0.39 is 0 Å². The summed E-state index contributed by atoms with van der Waals surface area (Å²) in [5.41, 5.74) is 1.21. The molecule has 72 valence electrons. The van der Waals surface area contributed by atoms with E-state index in [9.17, 15) is 0 Å². The fraction of sp³-hybridized carbons (Fsp3) is 0.500. The van der Waals surface area contributed by atoms with Gasteiger partial charge in [-0.3, -0.25) is 0 Å². The van der Waals surface area contributed by atoms with E-state index in [0.29, 0.717) is 3.66 Å². The Hall–Kier alpha value is -0.168. The third-order valence-electron chi connectivity index (χ3n) is 2.31. The molecule has 0 N–H and O–H groups in total. The molecule has 1 fully saturated rings. The minimum atomic E-state index is 0.479. The Morgan fingerprint density at radius 2 is 2.43 bits per heavy atom. The molecule has 1 atom stereocenters. The summed E-state index contributed by atoms with van der Waals surface area (Å²) in [6.45, 7) is 4.89. The van der Waals surface area contributed by atoms with Gasteiger partial charge >= 0.3 is 100 Å². The second-order valence-electron chi connectivity index (χ2n) is 3.55. The Balaban J connectivity index is 2.10. The van der Waals surface area contributed by atoms with Gasteiger partial charge < -0.3 is 0 Å². The van der Waals surface area contributed by atoms with Crippen LogP contribution in [0.5, 0.6) is 0 Å². The SMILES string of the molecule is Cc1ccc(N2CCO[C@H]([Tl])C2)nc1. The molecule has 1 aromatic rings. The van der Waals surface area contributed by atoms with Crippen LogP contribution in [0.3, 0.4) is 0 Å². The zero-order valence-electron chi connectivity index (χ0n) is 8.31. The molecule has 0 saturated carbocycles. The van der Waals surface area contributed by atoms with Gasteiger partial charge in [-0.1, -0.05) is 0 Å². The summed E-state index contributed by atoms with van der Waals surface area (Å²) >= 11 is 0.897. The van der Waals surface area contributed by atoms with Crippen LogP contribution in [0.4, 0.5) is 5.82 Å². The van der Waals surface area contributed by atoms with Crippen LogP contribution in [0.1, 0.15) is 5.56 Å². The maximum atomic E-state index is 5.56. The summed E-state index contributed by atoms with van der Waals surface area (Å²) in [6.07, 6.45) is 1.93. The second-order valence-corrected chi connectivity index (χ2v) is 6.44. The number of nitrogens with zero attached hydrogens (tertiary/aromatic N) is 2. The van der Waals surface area contributed by atoms with Crippen LogP contribution in [-0.2, 0) is 4.74 Å². The van der Waals surface area contributed by atoms with Gasteiger partial charge in [-0.15, -0.1) is 0 Å². The molecule has 1 aromatic heterocycles. The molecule has 1 aliphatic heterocycles. The van der Waals surface area contributed by atoms with E-state index in [4.69, 9.17) is 4.74 Å². The Labute approximate surface area is 100 Å². The quantitative estimate of drug-likeness (QED) is 0.671. The van der Waals surface area contributed by atoms with Crippen LogP contribution >= 0.6 is 0 Å². The van der Waals surface area contributed by atoms with Crippen molar-refractivity contribution in [3.05, 3.63) is 23.9 Å². The van der Waals surface area contributed by atoms with Crippen LogP contribution in [0.2, 0.25) is 0 Å². The van der Waals surface area contributed by atoms with Gasteiger partial charge in [0.15, 0.2) is 0 Å². The molecule has 3 nitrogen and oxygen atoms in total. The first-order chi connectivity index (χ1) is 6.75. The number of aryl methyl sites for hydroxylation is 1. The molecule has 1 saturated heterocycles. The van der Waals surface area contributed by atoms with E-state index in [1.54, 1.807) is 0 Å². The average Bonchev–Trinajstić information content (AvgIpc) is 2.19. The van der Waals surface area contributed by atoms with Crippen LogP contribution in [0.25, 0.3) is 0 Å². The summed E-state index contributed by atoms with van der Waals surface area (Å²) in [4.78, 5) is 6.74. The number of rotatable bonds is 1. The van der Waals surface area contributed by atoms with E-state index in [0.717, 1.165) is 51.3 Å². The summed E-state index contributed by atoms with van der Waals surface area (Å²) in [7, 11) is 0. The molecule has 0 amide bonds. The predicted molar refractivity (Wildman–Crippen MR) is 56.7 cm³/mol. The van der Waals surface area contributed by atoms with Crippen molar-refractivity contribution in [3.8, 4) is 0 Å². The first kappa shape index (κ1) is 10.4. The van der Waals surface area contributed by atoms with E-state index in [2.05, 4.69) is 28.9 Å². The van der Waals surface area contributed by atoms with Crippen LogP contribution < -0.4 is 4.90 Å². The Morgan fingerprint density at radius 1 is 1.57 bits per heavy atom. The van der Waals surface area contributed by atoms with Crippen molar-refractivity contribution in [2.45, 2.75) is 10.6 Å². The summed E-state index contributed by atoms with van der Waals surface area (Å²) in [5, 5.41) is 0. The number of anilines is 1. The first-order valence-corrected chi connectivity index (χ1v) is 7.39. The monoisotopic (exact) mass is 382 g/mol. The van der Waals surface area contributed by atoms with E-state index in [1.165, 1.54) is 5.56 Å². The Kier molecular flexibility index (Phi) is 3.38. The molecule has 0 unspecified atom stereocenters. The molecule has 2 rings (SSSR count). The van der Waals surface area contributed by atoms with Crippen molar-refractivity contribution in [1.29, 1.82) is 0 Å². The van der Waals surface area contributed by atoms with Crippen molar-refractivity contribution in [2.75, 3.05) is 24.6 Å². The van der Waals surface area contributed by atoms with Crippen LogP contribution in [-0.4, -0.2) is 54.1 Å². The standard InChI is InChI=1S/C10H13N2O.Tl/c1-9-2-3-10(11-8-9)12-4-6-13-7-5-12;/h2-3,6,8H,4-5,7H2,1H3;. The number of aromatic nitrogens is 1. The van der Waals surface area contributed by atoms with Crippen LogP contribution in [0, 0.1) is 6.92 Å². The summed E-state index contributed by atoms with van der Waals surface area (Å²) in [6, 6.07) is 4.21. The topological polar surface area (TPSA) is 25.4 Å². The van der Waals surface area contributed by atoms with Gasteiger partial charge in [0, 0.05) is 0 Å². The summed E-state index contributed by atoms with van der Waals surface area (Å²) in [5.74, 6) is 1.09. The number of morpholine rings is 1. The van der Waals surface area contributed by atoms with Crippen LogP contribution in [0.15, 0.2) is 18.3 Å². The fourth-order valence-electron chi connectivity index (χ4n) is 1.53. The molecular formula is C10H13N2OTl. The molecule has 0 spiro atoms. The van der Waals surface area contributed by atoms with Crippen molar-refractivity contribution in [2.24, 2.45) is 0 Å².